The lowest BCUT2D eigenvalue weighted by Gasteiger charge is -2.19. The number of carbonyl (C=O) groups is 1. The summed E-state index contributed by atoms with van der Waals surface area (Å²) < 4.78 is 0. The number of nitrogens with zero attached hydrogens (tertiary/aromatic N) is 2. The van der Waals surface area contributed by atoms with E-state index in [1.165, 1.54) is 5.56 Å². The van der Waals surface area contributed by atoms with E-state index in [9.17, 15) is 4.79 Å². The molecule has 2 rings (SSSR count). The zero-order valence-electron chi connectivity index (χ0n) is 13.1. The number of anilines is 1. The van der Waals surface area contributed by atoms with Gasteiger partial charge in [0, 0.05) is 24.0 Å². The minimum absolute atomic E-state index is 0.139. The van der Waals surface area contributed by atoms with Crippen LogP contribution in [0.4, 0.5) is 5.13 Å². The highest BCUT2D eigenvalue weighted by molar-refractivity contribution is 7.14. The highest BCUT2D eigenvalue weighted by Gasteiger charge is 2.13. The van der Waals surface area contributed by atoms with Gasteiger partial charge in [-0.2, -0.15) is 0 Å². The zero-order chi connectivity index (χ0) is 15.9. The average Bonchev–Trinajstić information content (AvgIpc) is 3.01. The molecule has 1 aromatic carbocycles. The van der Waals surface area contributed by atoms with E-state index >= 15 is 0 Å². The Morgan fingerprint density at radius 2 is 1.95 bits per heavy atom. The predicted octanol–water partition coefficient (Wildman–Crippen LogP) is 4.06. The van der Waals surface area contributed by atoms with Gasteiger partial charge in [-0.25, -0.2) is 4.98 Å². The minimum atomic E-state index is -0.770. The fraction of sp³-hybridized carbons (Fsp3) is 0.412. The second-order valence-corrected chi connectivity index (χ2v) is 6.03. The van der Waals surface area contributed by atoms with Crippen molar-refractivity contribution in [1.29, 1.82) is 0 Å². The summed E-state index contributed by atoms with van der Waals surface area (Å²) in [6, 6.07) is 8.45. The molecule has 1 N–H and O–H groups in total. The predicted molar refractivity (Wildman–Crippen MR) is 91.7 cm³/mol. The van der Waals surface area contributed by atoms with Crippen molar-refractivity contribution in [2.75, 3.05) is 18.0 Å². The van der Waals surface area contributed by atoms with Crippen LogP contribution in [0.5, 0.6) is 0 Å². The molecule has 0 unspecified atom stereocenters. The van der Waals surface area contributed by atoms with Crippen molar-refractivity contribution in [2.45, 2.75) is 33.1 Å². The number of aromatic nitrogens is 1. The number of benzene rings is 1. The molecule has 22 heavy (non-hydrogen) atoms. The third kappa shape index (κ3) is 4.31. The topological polar surface area (TPSA) is 53.4 Å². The number of carboxylic acid groups (broad SMARTS) is 1. The van der Waals surface area contributed by atoms with E-state index < -0.39 is 5.97 Å². The summed E-state index contributed by atoms with van der Waals surface area (Å²) in [7, 11) is 0. The van der Waals surface area contributed by atoms with Crippen LogP contribution in [-0.4, -0.2) is 29.1 Å². The van der Waals surface area contributed by atoms with Crippen molar-refractivity contribution < 1.29 is 9.90 Å². The van der Waals surface area contributed by atoms with Crippen molar-refractivity contribution in [2.24, 2.45) is 0 Å². The smallest absolute Gasteiger partial charge is 0.305 e. The lowest BCUT2D eigenvalue weighted by molar-refractivity contribution is -0.136. The van der Waals surface area contributed by atoms with E-state index in [-0.39, 0.29) is 6.42 Å². The van der Waals surface area contributed by atoms with Gasteiger partial charge < -0.3 is 10.0 Å². The molecule has 0 spiro atoms. The minimum Gasteiger partial charge on any atom is -0.481 e. The summed E-state index contributed by atoms with van der Waals surface area (Å²) >= 11 is 1.58. The van der Waals surface area contributed by atoms with Crippen molar-refractivity contribution >= 4 is 22.4 Å². The van der Waals surface area contributed by atoms with Gasteiger partial charge >= 0.3 is 5.97 Å². The number of hydrogen-bond acceptors (Lipinski definition) is 4. The number of aliphatic carboxylic acids is 1. The van der Waals surface area contributed by atoms with Gasteiger partial charge in [-0.1, -0.05) is 38.1 Å². The van der Waals surface area contributed by atoms with E-state index in [1.807, 2.05) is 5.38 Å². The molecule has 0 aliphatic rings. The molecule has 0 atom stereocenters. The maximum absolute atomic E-state index is 10.8. The monoisotopic (exact) mass is 318 g/mol. The molecule has 0 radical (unpaired) electrons. The first kappa shape index (κ1) is 16.5. The van der Waals surface area contributed by atoms with Gasteiger partial charge in [0.2, 0.25) is 0 Å². The Bertz CT molecular complexity index is 607. The lowest BCUT2D eigenvalue weighted by atomic mass is 10.1. The standard InChI is InChI=1S/C17H22N2O2S/c1-3-10-19(11-9-16(20)21)17-18-15(12-22-17)14-7-5-13(4-2)6-8-14/h5-8,12H,3-4,9-11H2,1-2H3,(H,20,21). The molecule has 4 nitrogen and oxygen atoms in total. The van der Waals surface area contributed by atoms with E-state index in [1.54, 1.807) is 11.3 Å². The maximum atomic E-state index is 10.8. The summed E-state index contributed by atoms with van der Waals surface area (Å²) in [6.07, 6.45) is 2.14. The molecule has 0 saturated carbocycles. The highest BCUT2D eigenvalue weighted by atomic mass is 32.1. The van der Waals surface area contributed by atoms with E-state index in [0.717, 1.165) is 35.8 Å². The molecule has 1 aromatic heterocycles. The Kier molecular flexibility index (Phi) is 5.95. The Labute approximate surface area is 135 Å². The normalized spacial score (nSPS) is 10.6. The lowest BCUT2D eigenvalue weighted by Crippen LogP contribution is -2.26. The largest absolute Gasteiger partial charge is 0.481 e. The number of rotatable bonds is 8. The molecule has 0 fully saturated rings. The SMILES string of the molecule is CCCN(CCC(=O)O)c1nc(-c2ccc(CC)cc2)cs1. The van der Waals surface area contributed by atoms with Crippen LogP contribution in [0, 0.1) is 0 Å². The Morgan fingerprint density at radius 3 is 2.55 bits per heavy atom. The van der Waals surface area contributed by atoms with Crippen molar-refractivity contribution in [3.05, 3.63) is 35.2 Å². The van der Waals surface area contributed by atoms with Crippen molar-refractivity contribution in [3.8, 4) is 11.3 Å². The van der Waals surface area contributed by atoms with Crippen molar-refractivity contribution in [3.63, 3.8) is 0 Å². The summed E-state index contributed by atoms with van der Waals surface area (Å²) in [5, 5.41) is 11.8. The van der Waals surface area contributed by atoms with Gasteiger partial charge in [0.25, 0.3) is 0 Å². The molecule has 1 heterocycles. The summed E-state index contributed by atoms with van der Waals surface area (Å²) in [5.74, 6) is -0.770. The maximum Gasteiger partial charge on any atom is 0.305 e. The van der Waals surface area contributed by atoms with Crippen LogP contribution in [-0.2, 0) is 11.2 Å². The molecular formula is C17H22N2O2S. The van der Waals surface area contributed by atoms with Crippen LogP contribution in [0.1, 0.15) is 32.3 Å². The van der Waals surface area contributed by atoms with Gasteiger partial charge in [0.05, 0.1) is 12.1 Å². The Morgan fingerprint density at radius 1 is 1.23 bits per heavy atom. The van der Waals surface area contributed by atoms with Crippen LogP contribution < -0.4 is 4.90 Å². The Balaban J connectivity index is 2.14. The van der Waals surface area contributed by atoms with Gasteiger partial charge in [-0.05, 0) is 18.4 Å². The number of aryl methyl sites for hydroxylation is 1. The zero-order valence-corrected chi connectivity index (χ0v) is 13.9. The van der Waals surface area contributed by atoms with Gasteiger partial charge in [0.1, 0.15) is 0 Å². The second kappa shape index (κ2) is 7.94. The van der Waals surface area contributed by atoms with Crippen LogP contribution in [0.25, 0.3) is 11.3 Å². The van der Waals surface area contributed by atoms with Gasteiger partial charge in [0.15, 0.2) is 5.13 Å². The summed E-state index contributed by atoms with van der Waals surface area (Å²) in [4.78, 5) is 17.5. The van der Waals surface area contributed by atoms with E-state index in [4.69, 9.17) is 5.11 Å². The van der Waals surface area contributed by atoms with Gasteiger partial charge in [-0.15, -0.1) is 11.3 Å². The molecule has 0 aliphatic carbocycles. The molecule has 0 aliphatic heterocycles. The molecule has 0 saturated heterocycles. The third-order valence-electron chi connectivity index (χ3n) is 3.51. The first-order chi connectivity index (χ1) is 10.6. The molecular weight excluding hydrogens is 296 g/mol. The Hall–Kier alpha value is -1.88. The number of carboxylic acids is 1. The van der Waals surface area contributed by atoms with Crippen LogP contribution in [0.2, 0.25) is 0 Å². The molecule has 5 heteroatoms. The molecule has 0 bridgehead atoms. The number of hydrogen-bond donors (Lipinski definition) is 1. The molecule has 2 aromatic rings. The van der Waals surface area contributed by atoms with Crippen LogP contribution >= 0.6 is 11.3 Å². The molecule has 118 valence electrons. The first-order valence-corrected chi connectivity index (χ1v) is 8.53. The van der Waals surface area contributed by atoms with Gasteiger partial charge in [-0.3, -0.25) is 4.79 Å². The quantitative estimate of drug-likeness (QED) is 0.797. The number of thiazole rings is 1. The average molecular weight is 318 g/mol. The van der Waals surface area contributed by atoms with Crippen LogP contribution in [0.15, 0.2) is 29.6 Å². The van der Waals surface area contributed by atoms with E-state index in [2.05, 4.69) is 48.0 Å². The third-order valence-corrected chi connectivity index (χ3v) is 4.41. The van der Waals surface area contributed by atoms with E-state index in [0.29, 0.717) is 6.54 Å². The highest BCUT2D eigenvalue weighted by Crippen LogP contribution is 2.28. The van der Waals surface area contributed by atoms with Crippen LogP contribution in [0.3, 0.4) is 0 Å². The summed E-state index contributed by atoms with van der Waals surface area (Å²) in [6.45, 7) is 5.56. The fourth-order valence-electron chi connectivity index (χ4n) is 2.26. The first-order valence-electron chi connectivity index (χ1n) is 7.65. The fourth-order valence-corrected chi connectivity index (χ4v) is 3.15. The summed E-state index contributed by atoms with van der Waals surface area (Å²) in [5.41, 5.74) is 3.38. The molecule has 0 amide bonds. The van der Waals surface area contributed by atoms with Crippen molar-refractivity contribution in [1.82, 2.24) is 4.98 Å². The second-order valence-electron chi connectivity index (χ2n) is 5.20.